The smallest absolute Gasteiger partial charge is 0.255 e. The molecule has 0 bridgehead atoms. The zero-order valence-electron chi connectivity index (χ0n) is 14.5. The minimum Gasteiger partial charge on any atom is -0.336 e. The Labute approximate surface area is 154 Å². The van der Waals surface area contributed by atoms with Crippen molar-refractivity contribution in [2.24, 2.45) is 0 Å². The van der Waals surface area contributed by atoms with Gasteiger partial charge in [0, 0.05) is 38.3 Å². The van der Waals surface area contributed by atoms with Crippen LogP contribution in [0, 0.1) is 0 Å². The maximum Gasteiger partial charge on any atom is 0.255 e. The monoisotopic (exact) mass is 385 g/mol. The highest BCUT2D eigenvalue weighted by Crippen LogP contribution is 2.28. The molecule has 1 amide bonds. The number of hydrogen-bond acceptors (Lipinski definition) is 4. The van der Waals surface area contributed by atoms with Crippen molar-refractivity contribution in [3.05, 3.63) is 28.8 Å². The molecule has 2 fully saturated rings. The van der Waals surface area contributed by atoms with Crippen LogP contribution in [-0.2, 0) is 10.0 Å². The van der Waals surface area contributed by atoms with Gasteiger partial charge in [-0.05, 0) is 44.9 Å². The number of nitrogens with zero attached hydrogens (tertiary/aromatic N) is 2. The predicted molar refractivity (Wildman–Crippen MR) is 97.4 cm³/mol. The Hall–Kier alpha value is -1.15. The number of amides is 1. The molecule has 0 radical (unpaired) electrons. The van der Waals surface area contributed by atoms with E-state index in [-0.39, 0.29) is 27.4 Å². The largest absolute Gasteiger partial charge is 0.336 e. The summed E-state index contributed by atoms with van der Waals surface area (Å²) in [6.07, 6.45) is 2.51. The van der Waals surface area contributed by atoms with Gasteiger partial charge in [-0.3, -0.25) is 9.69 Å². The Morgan fingerprint density at radius 2 is 1.84 bits per heavy atom. The van der Waals surface area contributed by atoms with Gasteiger partial charge in [-0.2, -0.15) is 0 Å². The summed E-state index contributed by atoms with van der Waals surface area (Å²) in [5.74, 6) is -0.206. The highest BCUT2D eigenvalue weighted by molar-refractivity contribution is 7.89. The van der Waals surface area contributed by atoms with E-state index in [0.29, 0.717) is 19.1 Å². The molecule has 1 aliphatic carbocycles. The van der Waals surface area contributed by atoms with Crippen LogP contribution in [0.15, 0.2) is 23.1 Å². The first kappa shape index (κ1) is 18.6. The van der Waals surface area contributed by atoms with Gasteiger partial charge in [-0.25, -0.2) is 13.1 Å². The van der Waals surface area contributed by atoms with Crippen LogP contribution in [0.4, 0.5) is 0 Å². The first-order valence-electron chi connectivity index (χ1n) is 8.63. The van der Waals surface area contributed by atoms with E-state index in [1.807, 2.05) is 0 Å². The van der Waals surface area contributed by atoms with Crippen LogP contribution in [0.1, 0.15) is 37.0 Å². The van der Waals surface area contributed by atoms with Crippen molar-refractivity contribution in [3.63, 3.8) is 0 Å². The molecule has 25 heavy (non-hydrogen) atoms. The molecule has 1 saturated heterocycles. The lowest BCUT2D eigenvalue weighted by atomic mass is 10.1. The van der Waals surface area contributed by atoms with Crippen LogP contribution in [0.3, 0.4) is 0 Å². The van der Waals surface area contributed by atoms with E-state index in [1.165, 1.54) is 31.0 Å². The summed E-state index contributed by atoms with van der Waals surface area (Å²) >= 11 is 6.18. The quantitative estimate of drug-likeness (QED) is 0.841. The fourth-order valence-corrected chi connectivity index (χ4v) is 4.59. The van der Waals surface area contributed by atoms with Crippen LogP contribution in [0.5, 0.6) is 0 Å². The Morgan fingerprint density at radius 3 is 2.40 bits per heavy atom. The number of benzene rings is 1. The summed E-state index contributed by atoms with van der Waals surface area (Å²) in [5.41, 5.74) is 0.244. The van der Waals surface area contributed by atoms with Gasteiger partial charge in [0.25, 0.3) is 5.91 Å². The number of carbonyl (C=O) groups is 1. The minimum absolute atomic E-state index is 0.0607. The van der Waals surface area contributed by atoms with Gasteiger partial charge < -0.3 is 4.90 Å². The molecule has 1 aliphatic heterocycles. The molecule has 138 valence electrons. The molecular weight excluding hydrogens is 362 g/mol. The standard InChI is InChI=1S/C17H24ClN3O3S/c1-12(2)19-25(23,24)14-5-6-16(18)15(11-14)17(22)21-9-7-20(8-10-21)13-3-4-13/h5-6,11-13,19H,3-4,7-10H2,1-2H3. The number of rotatable bonds is 5. The highest BCUT2D eigenvalue weighted by atomic mass is 35.5. The summed E-state index contributed by atoms with van der Waals surface area (Å²) in [7, 11) is -3.66. The normalized spacial score (nSPS) is 19.4. The van der Waals surface area contributed by atoms with Gasteiger partial charge in [0.1, 0.15) is 0 Å². The predicted octanol–water partition coefficient (Wildman–Crippen LogP) is 1.95. The average Bonchev–Trinajstić information content (AvgIpc) is 3.38. The second kappa shape index (κ2) is 7.23. The maximum atomic E-state index is 12.8. The second-order valence-electron chi connectivity index (χ2n) is 6.98. The van der Waals surface area contributed by atoms with E-state index in [9.17, 15) is 13.2 Å². The Balaban J connectivity index is 1.77. The summed E-state index contributed by atoms with van der Waals surface area (Å²) < 4.78 is 27.2. The summed E-state index contributed by atoms with van der Waals surface area (Å²) in [6.45, 7) is 6.51. The number of piperazine rings is 1. The lowest BCUT2D eigenvalue weighted by Crippen LogP contribution is -2.49. The summed E-state index contributed by atoms with van der Waals surface area (Å²) in [4.78, 5) is 17.1. The Morgan fingerprint density at radius 1 is 1.20 bits per heavy atom. The molecule has 2 aliphatic rings. The topological polar surface area (TPSA) is 69.7 Å². The van der Waals surface area contributed by atoms with E-state index >= 15 is 0 Å². The molecule has 1 aromatic carbocycles. The minimum atomic E-state index is -3.66. The molecule has 6 nitrogen and oxygen atoms in total. The van der Waals surface area contributed by atoms with Crippen molar-refractivity contribution < 1.29 is 13.2 Å². The SMILES string of the molecule is CC(C)NS(=O)(=O)c1ccc(Cl)c(C(=O)N2CCN(C3CC3)CC2)c1. The molecule has 8 heteroatoms. The third-order valence-electron chi connectivity index (χ3n) is 4.53. The van der Waals surface area contributed by atoms with Gasteiger partial charge in [-0.1, -0.05) is 11.6 Å². The molecule has 1 aromatic rings. The summed E-state index contributed by atoms with van der Waals surface area (Å²) in [6, 6.07) is 4.74. The number of sulfonamides is 1. The van der Waals surface area contributed by atoms with E-state index in [1.54, 1.807) is 18.7 Å². The van der Waals surface area contributed by atoms with Gasteiger partial charge in [0.2, 0.25) is 10.0 Å². The van der Waals surface area contributed by atoms with E-state index in [2.05, 4.69) is 9.62 Å². The molecule has 0 atom stereocenters. The van der Waals surface area contributed by atoms with Crippen molar-refractivity contribution in [1.29, 1.82) is 0 Å². The summed E-state index contributed by atoms with van der Waals surface area (Å²) in [5, 5.41) is 0.276. The number of carbonyl (C=O) groups excluding carboxylic acids is 1. The zero-order chi connectivity index (χ0) is 18.2. The lowest BCUT2D eigenvalue weighted by Gasteiger charge is -2.35. The number of nitrogens with one attached hydrogen (secondary N) is 1. The highest BCUT2D eigenvalue weighted by Gasteiger charge is 2.33. The fourth-order valence-electron chi connectivity index (χ4n) is 3.11. The van der Waals surface area contributed by atoms with E-state index in [4.69, 9.17) is 11.6 Å². The molecular formula is C17H24ClN3O3S. The molecule has 1 saturated carbocycles. The fraction of sp³-hybridized carbons (Fsp3) is 0.588. The third kappa shape index (κ3) is 4.34. The molecule has 1 heterocycles. The van der Waals surface area contributed by atoms with Crippen LogP contribution >= 0.6 is 11.6 Å². The average molecular weight is 386 g/mol. The molecule has 0 spiro atoms. The molecule has 0 unspecified atom stereocenters. The van der Waals surface area contributed by atoms with Gasteiger partial charge in [0.05, 0.1) is 15.5 Å². The van der Waals surface area contributed by atoms with Crippen molar-refractivity contribution in [2.45, 2.75) is 43.7 Å². The number of halogens is 1. The lowest BCUT2D eigenvalue weighted by molar-refractivity contribution is 0.0627. The number of hydrogen-bond donors (Lipinski definition) is 1. The van der Waals surface area contributed by atoms with Crippen LogP contribution in [-0.4, -0.2) is 62.4 Å². The van der Waals surface area contributed by atoms with Crippen molar-refractivity contribution in [2.75, 3.05) is 26.2 Å². The Kier molecular flexibility index (Phi) is 5.39. The third-order valence-corrected chi connectivity index (χ3v) is 6.52. The van der Waals surface area contributed by atoms with Crippen LogP contribution < -0.4 is 4.72 Å². The van der Waals surface area contributed by atoms with E-state index < -0.39 is 10.0 Å². The van der Waals surface area contributed by atoms with Crippen molar-refractivity contribution in [1.82, 2.24) is 14.5 Å². The molecule has 1 N–H and O–H groups in total. The van der Waals surface area contributed by atoms with Crippen molar-refractivity contribution >= 4 is 27.5 Å². The van der Waals surface area contributed by atoms with Crippen LogP contribution in [0.25, 0.3) is 0 Å². The molecule has 0 aromatic heterocycles. The maximum absolute atomic E-state index is 12.8. The van der Waals surface area contributed by atoms with Crippen molar-refractivity contribution in [3.8, 4) is 0 Å². The first-order valence-corrected chi connectivity index (χ1v) is 10.5. The Bertz CT molecular complexity index is 754. The second-order valence-corrected chi connectivity index (χ2v) is 9.10. The van der Waals surface area contributed by atoms with Gasteiger partial charge >= 0.3 is 0 Å². The van der Waals surface area contributed by atoms with E-state index in [0.717, 1.165) is 13.1 Å². The van der Waals surface area contributed by atoms with Crippen LogP contribution in [0.2, 0.25) is 5.02 Å². The van der Waals surface area contributed by atoms with Gasteiger partial charge in [0.15, 0.2) is 0 Å². The van der Waals surface area contributed by atoms with Gasteiger partial charge in [-0.15, -0.1) is 0 Å². The first-order chi connectivity index (χ1) is 11.8. The zero-order valence-corrected chi connectivity index (χ0v) is 16.1. The molecule has 3 rings (SSSR count).